The maximum Gasteiger partial charge on any atom is 0.242 e. The van der Waals surface area contributed by atoms with Crippen molar-refractivity contribution in [2.24, 2.45) is 5.92 Å². The predicted molar refractivity (Wildman–Crippen MR) is 89.0 cm³/mol. The van der Waals surface area contributed by atoms with Gasteiger partial charge in [-0.2, -0.15) is 0 Å². The molecule has 2 aliphatic rings. The fourth-order valence-electron chi connectivity index (χ4n) is 3.60. The summed E-state index contributed by atoms with van der Waals surface area (Å²) in [7, 11) is 0. The highest BCUT2D eigenvalue weighted by Gasteiger charge is 2.33. The van der Waals surface area contributed by atoms with Crippen molar-refractivity contribution in [3.8, 4) is 0 Å². The third-order valence-electron chi connectivity index (χ3n) is 5.07. The topological polar surface area (TPSA) is 70.7 Å². The van der Waals surface area contributed by atoms with E-state index in [1.807, 2.05) is 0 Å². The molecule has 0 aromatic carbocycles. The van der Waals surface area contributed by atoms with E-state index in [-0.39, 0.29) is 23.3 Å². The van der Waals surface area contributed by atoms with Crippen LogP contribution in [0.2, 0.25) is 0 Å². The van der Waals surface area contributed by atoms with Gasteiger partial charge in [0.1, 0.15) is 6.04 Å². The van der Waals surface area contributed by atoms with Gasteiger partial charge >= 0.3 is 0 Å². The van der Waals surface area contributed by atoms with E-state index < -0.39 is 6.04 Å². The van der Waals surface area contributed by atoms with Gasteiger partial charge in [0.2, 0.25) is 11.8 Å². The third kappa shape index (κ3) is 5.18. The summed E-state index contributed by atoms with van der Waals surface area (Å²) < 4.78 is 5.39. The maximum atomic E-state index is 12.6. The molecule has 2 fully saturated rings. The number of amides is 2. The molecule has 132 valence electrons. The molecule has 1 saturated heterocycles. The summed E-state index contributed by atoms with van der Waals surface area (Å²) in [6, 6.07) is -0.393. The molecule has 1 saturated carbocycles. The van der Waals surface area contributed by atoms with Crippen LogP contribution in [0.3, 0.4) is 0 Å². The minimum atomic E-state index is -0.393. The van der Waals surface area contributed by atoms with Crippen LogP contribution in [0.5, 0.6) is 0 Å². The number of hydrogen-bond donors (Lipinski definition) is 2. The molecule has 23 heavy (non-hydrogen) atoms. The lowest BCUT2D eigenvalue weighted by atomic mass is 9.96. The molecule has 2 rings (SSSR count). The fourth-order valence-corrected chi connectivity index (χ4v) is 3.60. The highest BCUT2D eigenvalue weighted by molar-refractivity contribution is 5.87. The molecule has 0 aromatic rings. The summed E-state index contributed by atoms with van der Waals surface area (Å²) in [5, 5.41) is 5.92. The summed E-state index contributed by atoms with van der Waals surface area (Å²) in [6.07, 6.45) is 4.33. The van der Waals surface area contributed by atoms with Crippen LogP contribution in [-0.2, 0) is 14.3 Å². The minimum absolute atomic E-state index is 0.0477. The number of hydrogen-bond acceptors (Lipinski definition) is 4. The van der Waals surface area contributed by atoms with Gasteiger partial charge in [0.05, 0.1) is 13.2 Å². The second-order valence-corrected chi connectivity index (χ2v) is 7.35. The molecular weight excluding hydrogens is 294 g/mol. The number of nitrogens with zero attached hydrogens (tertiary/aromatic N) is 1. The van der Waals surface area contributed by atoms with Crippen LogP contribution >= 0.6 is 0 Å². The first-order chi connectivity index (χ1) is 10.9. The van der Waals surface area contributed by atoms with Crippen LogP contribution in [0.4, 0.5) is 0 Å². The maximum absolute atomic E-state index is 12.6. The number of ether oxygens (including phenoxy) is 1. The Morgan fingerprint density at radius 2 is 1.83 bits per heavy atom. The smallest absolute Gasteiger partial charge is 0.242 e. The van der Waals surface area contributed by atoms with Crippen molar-refractivity contribution in [1.29, 1.82) is 0 Å². The van der Waals surface area contributed by atoms with Crippen molar-refractivity contribution in [2.45, 2.75) is 58.0 Å². The highest BCUT2D eigenvalue weighted by Crippen LogP contribution is 2.28. The third-order valence-corrected chi connectivity index (χ3v) is 5.07. The molecule has 1 aliphatic carbocycles. The number of nitrogens with one attached hydrogen (secondary N) is 2. The molecule has 1 heterocycles. The molecule has 6 heteroatoms. The molecule has 2 N–H and O–H groups in total. The van der Waals surface area contributed by atoms with Crippen LogP contribution in [0.25, 0.3) is 0 Å². The van der Waals surface area contributed by atoms with Gasteiger partial charge in [0.25, 0.3) is 0 Å². The molecule has 6 nitrogen and oxygen atoms in total. The summed E-state index contributed by atoms with van der Waals surface area (Å²) in [4.78, 5) is 26.4. The van der Waals surface area contributed by atoms with E-state index in [9.17, 15) is 9.59 Å². The van der Waals surface area contributed by atoms with Gasteiger partial charge < -0.3 is 15.4 Å². The predicted octanol–water partition coefficient (Wildman–Crippen LogP) is 0.908. The van der Waals surface area contributed by atoms with E-state index >= 15 is 0 Å². The molecule has 1 unspecified atom stereocenters. The summed E-state index contributed by atoms with van der Waals surface area (Å²) in [5.41, 5.74) is -0.115. The van der Waals surface area contributed by atoms with Crippen LogP contribution in [0, 0.1) is 5.92 Å². The van der Waals surface area contributed by atoms with Crippen molar-refractivity contribution in [3.63, 3.8) is 0 Å². The van der Waals surface area contributed by atoms with Crippen LogP contribution in [0.1, 0.15) is 46.5 Å². The quantitative estimate of drug-likeness (QED) is 0.761. The van der Waals surface area contributed by atoms with E-state index in [0.29, 0.717) is 6.54 Å². The van der Waals surface area contributed by atoms with Gasteiger partial charge in [-0.25, -0.2) is 0 Å². The van der Waals surface area contributed by atoms with Gasteiger partial charge in [-0.15, -0.1) is 0 Å². The number of morpholine rings is 1. The monoisotopic (exact) mass is 325 g/mol. The Kier molecular flexibility index (Phi) is 6.41. The summed E-state index contributed by atoms with van der Waals surface area (Å²) >= 11 is 0. The number of carbonyl (C=O) groups is 2. The zero-order valence-electron chi connectivity index (χ0n) is 14.7. The van der Waals surface area contributed by atoms with Gasteiger partial charge in [-0.05, 0) is 32.6 Å². The van der Waals surface area contributed by atoms with Crippen molar-refractivity contribution >= 4 is 11.8 Å². The molecule has 0 bridgehead atoms. The first-order valence-electron chi connectivity index (χ1n) is 8.78. The lowest BCUT2D eigenvalue weighted by Crippen LogP contribution is -2.58. The van der Waals surface area contributed by atoms with Gasteiger partial charge in [-0.1, -0.05) is 12.8 Å². The standard InChI is InChI=1S/C17H31N3O3/c1-13(21)19-15(14-6-4-5-7-14)16(22)18-12-17(2,3)20-8-10-23-11-9-20/h14-15H,4-12H2,1-3H3,(H,18,22)(H,19,21). The first kappa shape index (κ1) is 18.2. The van der Waals surface area contributed by atoms with E-state index in [0.717, 1.165) is 52.0 Å². The second kappa shape index (κ2) is 8.11. The lowest BCUT2D eigenvalue weighted by molar-refractivity contribution is -0.130. The Bertz CT molecular complexity index is 413. The fraction of sp³-hybridized carbons (Fsp3) is 0.882. The Hall–Kier alpha value is -1.14. The Balaban J connectivity index is 1.90. The van der Waals surface area contributed by atoms with Crippen LogP contribution in [-0.4, -0.2) is 61.1 Å². The van der Waals surface area contributed by atoms with Crippen LogP contribution < -0.4 is 10.6 Å². The normalized spacial score (nSPS) is 21.9. The van der Waals surface area contributed by atoms with Crippen molar-refractivity contribution < 1.29 is 14.3 Å². The van der Waals surface area contributed by atoms with E-state index in [2.05, 4.69) is 29.4 Å². The average molecular weight is 325 g/mol. The Labute approximate surface area is 139 Å². The Morgan fingerprint density at radius 1 is 1.22 bits per heavy atom. The zero-order valence-corrected chi connectivity index (χ0v) is 14.7. The molecule has 0 radical (unpaired) electrons. The van der Waals surface area contributed by atoms with Gasteiger partial charge in [-0.3, -0.25) is 14.5 Å². The minimum Gasteiger partial charge on any atom is -0.379 e. The van der Waals surface area contributed by atoms with Crippen molar-refractivity contribution in [1.82, 2.24) is 15.5 Å². The summed E-state index contributed by atoms with van der Waals surface area (Å²) in [6.45, 7) is 9.61. The second-order valence-electron chi connectivity index (χ2n) is 7.35. The van der Waals surface area contributed by atoms with Crippen LogP contribution in [0.15, 0.2) is 0 Å². The van der Waals surface area contributed by atoms with Gasteiger partial charge in [0.15, 0.2) is 0 Å². The molecule has 0 spiro atoms. The molecule has 1 atom stereocenters. The average Bonchev–Trinajstić information content (AvgIpc) is 3.05. The molecule has 0 aromatic heterocycles. The molecule has 2 amide bonds. The van der Waals surface area contributed by atoms with E-state index in [1.54, 1.807) is 0 Å². The van der Waals surface area contributed by atoms with Gasteiger partial charge in [0, 0.05) is 32.1 Å². The van der Waals surface area contributed by atoms with E-state index in [1.165, 1.54) is 6.92 Å². The van der Waals surface area contributed by atoms with Crippen molar-refractivity contribution in [3.05, 3.63) is 0 Å². The first-order valence-corrected chi connectivity index (χ1v) is 8.78. The zero-order chi connectivity index (χ0) is 16.9. The SMILES string of the molecule is CC(=O)NC(C(=O)NCC(C)(C)N1CCOCC1)C1CCCC1. The van der Waals surface area contributed by atoms with Crippen molar-refractivity contribution in [2.75, 3.05) is 32.8 Å². The molecule has 1 aliphatic heterocycles. The molecular formula is C17H31N3O3. The largest absolute Gasteiger partial charge is 0.379 e. The highest BCUT2D eigenvalue weighted by atomic mass is 16.5. The Morgan fingerprint density at radius 3 is 2.39 bits per heavy atom. The number of carbonyl (C=O) groups excluding carboxylic acids is 2. The van der Waals surface area contributed by atoms with E-state index in [4.69, 9.17) is 4.74 Å². The summed E-state index contributed by atoms with van der Waals surface area (Å²) in [5.74, 6) is 0.0864. The number of rotatable bonds is 6. The lowest BCUT2D eigenvalue weighted by Gasteiger charge is -2.41.